The number of nitrogens with one attached hydrogen (secondary N) is 3. The van der Waals surface area contributed by atoms with Gasteiger partial charge in [0.25, 0.3) is 0 Å². The van der Waals surface area contributed by atoms with Gasteiger partial charge in [-0.2, -0.15) is 0 Å². The molecule has 0 atom stereocenters. The van der Waals surface area contributed by atoms with Gasteiger partial charge in [0, 0.05) is 26.1 Å². The van der Waals surface area contributed by atoms with Crippen LogP contribution in [0, 0.1) is 6.92 Å². The van der Waals surface area contributed by atoms with Crippen LogP contribution in [0.4, 0.5) is 0 Å². The molecule has 3 N–H and O–H groups in total. The lowest BCUT2D eigenvalue weighted by Crippen LogP contribution is -2.39. The molecule has 5 heteroatoms. The van der Waals surface area contributed by atoms with Crippen molar-refractivity contribution in [1.82, 2.24) is 16.0 Å². The molecule has 1 amide bonds. The van der Waals surface area contributed by atoms with Gasteiger partial charge in [0.05, 0.1) is 6.54 Å². The van der Waals surface area contributed by atoms with Crippen LogP contribution in [0.2, 0.25) is 0 Å². The second-order valence-electron chi connectivity index (χ2n) is 5.15. The minimum Gasteiger partial charge on any atom is -0.357 e. The van der Waals surface area contributed by atoms with Gasteiger partial charge in [-0.05, 0) is 31.4 Å². The smallest absolute Gasteiger partial charge is 0.221 e. The first-order valence-electron chi connectivity index (χ1n) is 8.00. The van der Waals surface area contributed by atoms with Gasteiger partial charge in [-0.15, -0.1) is 0 Å². The summed E-state index contributed by atoms with van der Waals surface area (Å²) in [5.41, 5.74) is 2.45. The number of aliphatic imine (C=N–C) groups is 1. The van der Waals surface area contributed by atoms with Gasteiger partial charge < -0.3 is 16.0 Å². The van der Waals surface area contributed by atoms with Crippen molar-refractivity contribution in [1.29, 1.82) is 0 Å². The van der Waals surface area contributed by atoms with Crippen LogP contribution in [-0.4, -0.2) is 31.5 Å². The van der Waals surface area contributed by atoms with E-state index in [9.17, 15) is 4.79 Å². The highest BCUT2D eigenvalue weighted by Gasteiger charge is 2.02. The van der Waals surface area contributed by atoms with Crippen LogP contribution < -0.4 is 16.0 Å². The molecule has 0 bridgehead atoms. The summed E-state index contributed by atoms with van der Waals surface area (Å²) in [6.07, 6.45) is 1.41. The van der Waals surface area contributed by atoms with Crippen LogP contribution in [0.25, 0.3) is 0 Å². The third-order valence-corrected chi connectivity index (χ3v) is 3.23. The Hall–Kier alpha value is -2.04. The van der Waals surface area contributed by atoms with Gasteiger partial charge in [0.15, 0.2) is 5.96 Å². The number of hydrogen-bond donors (Lipinski definition) is 3. The number of nitrogens with zero attached hydrogens (tertiary/aromatic N) is 1. The molecule has 0 fully saturated rings. The highest BCUT2D eigenvalue weighted by molar-refractivity contribution is 5.81. The van der Waals surface area contributed by atoms with Crippen LogP contribution in [0.3, 0.4) is 0 Å². The molecule has 0 aliphatic carbocycles. The lowest BCUT2D eigenvalue weighted by molar-refractivity contribution is -0.120. The Kier molecular flexibility index (Phi) is 8.72. The average molecular weight is 304 g/mol. The molecule has 1 rings (SSSR count). The third-order valence-electron chi connectivity index (χ3n) is 3.23. The van der Waals surface area contributed by atoms with Crippen LogP contribution in [0.1, 0.15) is 37.8 Å². The molecule has 0 saturated heterocycles. The number of aryl methyl sites for hydroxylation is 1. The first-order chi connectivity index (χ1) is 10.7. The van der Waals surface area contributed by atoms with Crippen LogP contribution in [0.15, 0.2) is 29.3 Å². The molecule has 0 aliphatic rings. The van der Waals surface area contributed by atoms with Gasteiger partial charge in [-0.25, -0.2) is 4.99 Å². The molecule has 122 valence electrons. The Bertz CT molecular complexity index is 485. The largest absolute Gasteiger partial charge is 0.357 e. The Morgan fingerprint density at radius 1 is 1.09 bits per heavy atom. The fourth-order valence-electron chi connectivity index (χ4n) is 1.94. The SMILES string of the molecule is CCCNC(=O)CCNC(=NCc1ccccc1C)NCC. The van der Waals surface area contributed by atoms with E-state index in [0.29, 0.717) is 19.5 Å². The van der Waals surface area contributed by atoms with E-state index in [2.05, 4.69) is 40.0 Å². The zero-order valence-electron chi connectivity index (χ0n) is 13.9. The zero-order valence-corrected chi connectivity index (χ0v) is 13.9. The maximum Gasteiger partial charge on any atom is 0.221 e. The highest BCUT2D eigenvalue weighted by atomic mass is 16.1. The maximum absolute atomic E-state index is 11.6. The Balaban J connectivity index is 2.45. The van der Waals surface area contributed by atoms with Gasteiger partial charge >= 0.3 is 0 Å². The van der Waals surface area contributed by atoms with E-state index in [0.717, 1.165) is 25.5 Å². The maximum atomic E-state index is 11.6. The topological polar surface area (TPSA) is 65.5 Å². The number of carbonyl (C=O) groups is 1. The molecule has 5 nitrogen and oxygen atoms in total. The van der Waals surface area contributed by atoms with Gasteiger partial charge in [0.1, 0.15) is 0 Å². The molecule has 0 heterocycles. The summed E-state index contributed by atoms with van der Waals surface area (Å²) in [7, 11) is 0. The number of guanidine groups is 1. The average Bonchev–Trinajstić information content (AvgIpc) is 2.52. The number of amides is 1. The van der Waals surface area contributed by atoms with Crippen molar-refractivity contribution in [2.24, 2.45) is 4.99 Å². The molecule has 0 aromatic heterocycles. The summed E-state index contributed by atoms with van der Waals surface area (Å²) in [4.78, 5) is 16.1. The van der Waals surface area contributed by atoms with Crippen molar-refractivity contribution in [2.75, 3.05) is 19.6 Å². The Morgan fingerprint density at radius 2 is 1.86 bits per heavy atom. The number of hydrogen-bond acceptors (Lipinski definition) is 2. The van der Waals surface area contributed by atoms with Crippen molar-refractivity contribution in [3.63, 3.8) is 0 Å². The Labute approximate surface area is 133 Å². The second kappa shape index (κ2) is 10.7. The van der Waals surface area contributed by atoms with Crippen molar-refractivity contribution in [3.8, 4) is 0 Å². The monoisotopic (exact) mass is 304 g/mol. The van der Waals surface area contributed by atoms with Crippen molar-refractivity contribution < 1.29 is 4.79 Å². The molecule has 22 heavy (non-hydrogen) atoms. The van der Waals surface area contributed by atoms with Crippen LogP contribution in [-0.2, 0) is 11.3 Å². The van der Waals surface area contributed by atoms with E-state index in [1.807, 2.05) is 26.0 Å². The van der Waals surface area contributed by atoms with E-state index in [4.69, 9.17) is 0 Å². The highest BCUT2D eigenvalue weighted by Crippen LogP contribution is 2.07. The summed E-state index contributed by atoms with van der Waals surface area (Å²) >= 11 is 0. The molecule has 0 aliphatic heterocycles. The lowest BCUT2D eigenvalue weighted by atomic mass is 10.1. The lowest BCUT2D eigenvalue weighted by Gasteiger charge is -2.11. The molecule has 0 unspecified atom stereocenters. The third kappa shape index (κ3) is 7.11. The number of benzene rings is 1. The predicted molar refractivity (Wildman–Crippen MR) is 91.9 cm³/mol. The summed E-state index contributed by atoms with van der Waals surface area (Å²) in [5.74, 6) is 0.818. The molecule has 0 saturated carbocycles. The minimum atomic E-state index is 0.0732. The molecule has 1 aromatic carbocycles. The van der Waals surface area contributed by atoms with E-state index >= 15 is 0 Å². The van der Waals surface area contributed by atoms with Crippen molar-refractivity contribution >= 4 is 11.9 Å². The summed E-state index contributed by atoms with van der Waals surface area (Å²) in [6, 6.07) is 8.22. The molecule has 0 spiro atoms. The molecular weight excluding hydrogens is 276 g/mol. The second-order valence-corrected chi connectivity index (χ2v) is 5.15. The summed E-state index contributed by atoms with van der Waals surface area (Å²) in [6.45, 7) is 8.89. The minimum absolute atomic E-state index is 0.0732. The Morgan fingerprint density at radius 3 is 2.55 bits per heavy atom. The van der Waals surface area contributed by atoms with Crippen LogP contribution >= 0.6 is 0 Å². The summed E-state index contributed by atoms with van der Waals surface area (Å²) < 4.78 is 0. The predicted octanol–water partition coefficient (Wildman–Crippen LogP) is 1.97. The summed E-state index contributed by atoms with van der Waals surface area (Å²) in [5, 5.41) is 9.26. The zero-order chi connectivity index (χ0) is 16.2. The van der Waals surface area contributed by atoms with E-state index in [1.165, 1.54) is 11.1 Å². The van der Waals surface area contributed by atoms with Gasteiger partial charge in [-0.1, -0.05) is 31.2 Å². The van der Waals surface area contributed by atoms with E-state index in [-0.39, 0.29) is 5.91 Å². The fourth-order valence-corrected chi connectivity index (χ4v) is 1.94. The van der Waals surface area contributed by atoms with Crippen molar-refractivity contribution in [2.45, 2.75) is 40.2 Å². The first kappa shape index (κ1) is 18.0. The van der Waals surface area contributed by atoms with Gasteiger partial charge in [0.2, 0.25) is 5.91 Å². The quantitative estimate of drug-likeness (QED) is 0.508. The van der Waals surface area contributed by atoms with E-state index in [1.54, 1.807) is 0 Å². The number of rotatable bonds is 8. The normalized spacial score (nSPS) is 11.1. The van der Waals surface area contributed by atoms with Crippen molar-refractivity contribution in [3.05, 3.63) is 35.4 Å². The standard InChI is InChI=1S/C17H28N4O/c1-4-11-19-16(22)10-12-20-17(18-5-2)21-13-15-9-7-6-8-14(15)3/h6-9H,4-5,10-13H2,1-3H3,(H,19,22)(H2,18,20,21). The molecular formula is C17H28N4O. The molecule has 1 aromatic rings. The molecule has 0 radical (unpaired) electrons. The van der Waals surface area contributed by atoms with E-state index < -0.39 is 0 Å². The first-order valence-corrected chi connectivity index (χ1v) is 8.00. The van der Waals surface area contributed by atoms with Crippen LogP contribution in [0.5, 0.6) is 0 Å². The number of carbonyl (C=O) groups excluding carboxylic acids is 1. The van der Waals surface area contributed by atoms with Gasteiger partial charge in [-0.3, -0.25) is 4.79 Å². The fraction of sp³-hybridized carbons (Fsp3) is 0.529.